The first-order valence-electron chi connectivity index (χ1n) is 6.56. The molecule has 1 heterocycles. The van der Waals surface area contributed by atoms with E-state index in [-0.39, 0.29) is 5.82 Å². The van der Waals surface area contributed by atoms with Gasteiger partial charge in [-0.15, -0.1) is 0 Å². The predicted molar refractivity (Wildman–Crippen MR) is 80.0 cm³/mol. The number of methoxy groups -OCH3 is 1. The minimum atomic E-state index is -0.687. The fourth-order valence-corrected chi connectivity index (χ4v) is 2.84. The van der Waals surface area contributed by atoms with Crippen LogP contribution in [0, 0.1) is 5.82 Å². The average molecular weight is 353 g/mol. The molecule has 1 aliphatic rings. The number of aliphatic hydroxyl groups excluding tert-OH is 1. The monoisotopic (exact) mass is 352 g/mol. The summed E-state index contributed by atoms with van der Waals surface area (Å²) in [5, 5.41) is 10.2. The Balaban J connectivity index is 1.96. The number of benzene rings is 2. The van der Waals surface area contributed by atoms with Gasteiger partial charge in [-0.05, 0) is 24.3 Å². The van der Waals surface area contributed by atoms with Gasteiger partial charge in [-0.2, -0.15) is 0 Å². The summed E-state index contributed by atoms with van der Waals surface area (Å²) in [6, 6.07) is 10.1. The molecule has 3 nitrogen and oxygen atoms in total. The van der Waals surface area contributed by atoms with Gasteiger partial charge in [-0.1, -0.05) is 22.0 Å². The molecule has 0 radical (unpaired) electrons. The Morgan fingerprint density at radius 2 is 2.00 bits per heavy atom. The largest absolute Gasteiger partial charge is 0.497 e. The minimum Gasteiger partial charge on any atom is -0.497 e. The molecule has 21 heavy (non-hydrogen) atoms. The summed E-state index contributed by atoms with van der Waals surface area (Å²) in [6.45, 7) is 0. The van der Waals surface area contributed by atoms with Crippen LogP contribution in [0.25, 0.3) is 0 Å². The van der Waals surface area contributed by atoms with E-state index in [0.29, 0.717) is 33.5 Å². The molecule has 1 aliphatic heterocycles. The van der Waals surface area contributed by atoms with Gasteiger partial charge in [0.1, 0.15) is 23.4 Å². The van der Waals surface area contributed by atoms with Crippen molar-refractivity contribution in [2.45, 2.75) is 18.6 Å². The maximum Gasteiger partial charge on any atom is 0.131 e. The van der Waals surface area contributed by atoms with Crippen molar-refractivity contribution in [2.24, 2.45) is 0 Å². The van der Waals surface area contributed by atoms with Gasteiger partial charge in [-0.25, -0.2) is 4.39 Å². The van der Waals surface area contributed by atoms with Gasteiger partial charge in [0, 0.05) is 28.1 Å². The van der Waals surface area contributed by atoms with E-state index in [1.54, 1.807) is 37.4 Å². The minimum absolute atomic E-state index is 0.317. The molecular weight excluding hydrogens is 339 g/mol. The van der Waals surface area contributed by atoms with Gasteiger partial charge in [0.05, 0.1) is 13.2 Å². The van der Waals surface area contributed by atoms with Crippen LogP contribution in [0.15, 0.2) is 40.9 Å². The van der Waals surface area contributed by atoms with Gasteiger partial charge >= 0.3 is 0 Å². The standard InChI is InChI=1S/C16H14BrFO3/c1-20-10-3-5-12-14(19)8-16(21-15(12)7-10)11-4-2-9(17)6-13(11)18/h2-7,14,16,19H,8H2,1H3. The van der Waals surface area contributed by atoms with Crippen molar-refractivity contribution in [3.05, 3.63) is 57.8 Å². The van der Waals surface area contributed by atoms with E-state index >= 15 is 0 Å². The van der Waals surface area contributed by atoms with E-state index in [2.05, 4.69) is 15.9 Å². The molecule has 0 saturated heterocycles. The highest BCUT2D eigenvalue weighted by atomic mass is 79.9. The molecule has 0 bridgehead atoms. The summed E-state index contributed by atoms with van der Waals surface area (Å²) in [5.74, 6) is 0.811. The van der Waals surface area contributed by atoms with Crippen LogP contribution in [0.5, 0.6) is 11.5 Å². The Labute approximate surface area is 130 Å². The molecule has 0 aromatic heterocycles. The van der Waals surface area contributed by atoms with Gasteiger partial charge in [0.2, 0.25) is 0 Å². The SMILES string of the molecule is COc1ccc2c(c1)OC(c1ccc(Br)cc1F)CC2O. The highest BCUT2D eigenvalue weighted by Gasteiger charge is 2.30. The van der Waals surface area contributed by atoms with Crippen LogP contribution < -0.4 is 9.47 Å². The summed E-state index contributed by atoms with van der Waals surface area (Å²) in [6.07, 6.45) is -0.891. The van der Waals surface area contributed by atoms with E-state index < -0.39 is 12.2 Å². The van der Waals surface area contributed by atoms with Crippen molar-refractivity contribution in [2.75, 3.05) is 7.11 Å². The zero-order chi connectivity index (χ0) is 15.0. The number of hydrogen-bond acceptors (Lipinski definition) is 3. The number of hydrogen-bond donors (Lipinski definition) is 1. The predicted octanol–water partition coefficient (Wildman–Crippen LogP) is 4.15. The molecule has 2 aromatic carbocycles. The third-order valence-electron chi connectivity index (χ3n) is 3.60. The number of ether oxygens (including phenoxy) is 2. The van der Waals surface area contributed by atoms with Crippen molar-refractivity contribution in [3.8, 4) is 11.5 Å². The molecule has 5 heteroatoms. The van der Waals surface area contributed by atoms with E-state index in [0.717, 1.165) is 0 Å². The summed E-state index contributed by atoms with van der Waals surface area (Å²) < 4.78 is 25.7. The van der Waals surface area contributed by atoms with Crippen LogP contribution in [-0.2, 0) is 0 Å². The molecule has 2 atom stereocenters. The number of aliphatic hydroxyl groups is 1. The van der Waals surface area contributed by atoms with Crippen LogP contribution in [0.2, 0.25) is 0 Å². The first-order valence-corrected chi connectivity index (χ1v) is 7.35. The van der Waals surface area contributed by atoms with Crippen molar-refractivity contribution >= 4 is 15.9 Å². The molecule has 1 N–H and O–H groups in total. The molecule has 0 amide bonds. The molecule has 0 aliphatic carbocycles. The van der Waals surface area contributed by atoms with Gasteiger partial charge in [-0.3, -0.25) is 0 Å². The van der Waals surface area contributed by atoms with Crippen molar-refractivity contribution in [1.82, 2.24) is 0 Å². The van der Waals surface area contributed by atoms with E-state index in [4.69, 9.17) is 9.47 Å². The maximum atomic E-state index is 14.1. The van der Waals surface area contributed by atoms with Crippen molar-refractivity contribution in [1.29, 1.82) is 0 Å². The normalized spacial score (nSPS) is 20.6. The Morgan fingerprint density at radius 1 is 1.24 bits per heavy atom. The second kappa shape index (κ2) is 5.66. The van der Waals surface area contributed by atoms with E-state index in [1.165, 1.54) is 6.07 Å². The summed E-state index contributed by atoms with van der Waals surface area (Å²) in [7, 11) is 1.56. The van der Waals surface area contributed by atoms with Gasteiger partial charge < -0.3 is 14.6 Å². The second-order valence-electron chi connectivity index (χ2n) is 4.93. The first-order chi connectivity index (χ1) is 10.1. The lowest BCUT2D eigenvalue weighted by molar-refractivity contribution is 0.0637. The fraction of sp³-hybridized carbons (Fsp3) is 0.250. The Morgan fingerprint density at radius 3 is 2.71 bits per heavy atom. The smallest absolute Gasteiger partial charge is 0.131 e. The maximum absolute atomic E-state index is 14.1. The third kappa shape index (κ3) is 2.76. The molecule has 0 spiro atoms. The van der Waals surface area contributed by atoms with Crippen molar-refractivity contribution in [3.63, 3.8) is 0 Å². The van der Waals surface area contributed by atoms with E-state index in [1.807, 2.05) is 0 Å². The molecule has 0 saturated carbocycles. The lowest BCUT2D eigenvalue weighted by Crippen LogP contribution is -2.20. The highest BCUT2D eigenvalue weighted by molar-refractivity contribution is 9.10. The van der Waals surface area contributed by atoms with Crippen LogP contribution in [-0.4, -0.2) is 12.2 Å². The summed E-state index contributed by atoms with van der Waals surface area (Å²) in [4.78, 5) is 0. The topological polar surface area (TPSA) is 38.7 Å². The molecule has 0 fully saturated rings. The Kier molecular flexibility index (Phi) is 3.87. The molecule has 3 rings (SSSR count). The van der Waals surface area contributed by atoms with Gasteiger partial charge in [0.25, 0.3) is 0 Å². The van der Waals surface area contributed by atoms with Crippen LogP contribution >= 0.6 is 15.9 Å². The third-order valence-corrected chi connectivity index (χ3v) is 4.09. The fourth-order valence-electron chi connectivity index (χ4n) is 2.50. The van der Waals surface area contributed by atoms with Gasteiger partial charge in [0.15, 0.2) is 0 Å². The summed E-state index contributed by atoms with van der Waals surface area (Å²) >= 11 is 3.23. The highest BCUT2D eigenvalue weighted by Crippen LogP contribution is 2.42. The molecule has 110 valence electrons. The number of halogens is 2. The van der Waals surface area contributed by atoms with E-state index in [9.17, 15) is 9.50 Å². The lowest BCUT2D eigenvalue weighted by atomic mass is 9.94. The Hall–Kier alpha value is -1.59. The zero-order valence-corrected chi connectivity index (χ0v) is 12.9. The van der Waals surface area contributed by atoms with Crippen LogP contribution in [0.1, 0.15) is 29.8 Å². The summed E-state index contributed by atoms with van der Waals surface area (Å²) in [5.41, 5.74) is 1.13. The Bertz CT molecular complexity index is 675. The number of rotatable bonds is 2. The lowest BCUT2D eigenvalue weighted by Gasteiger charge is -2.30. The zero-order valence-electron chi connectivity index (χ0n) is 11.3. The van der Waals surface area contributed by atoms with Crippen LogP contribution in [0.4, 0.5) is 4.39 Å². The second-order valence-corrected chi connectivity index (χ2v) is 5.84. The first kappa shape index (κ1) is 14.4. The van der Waals surface area contributed by atoms with Crippen molar-refractivity contribution < 1.29 is 19.0 Å². The molecule has 2 unspecified atom stereocenters. The number of fused-ring (bicyclic) bond motifs is 1. The molecular formula is C16H14BrFO3. The van der Waals surface area contributed by atoms with Crippen LogP contribution in [0.3, 0.4) is 0 Å². The quantitative estimate of drug-likeness (QED) is 0.882. The average Bonchev–Trinajstić information content (AvgIpc) is 2.46. The molecule has 2 aromatic rings.